The summed E-state index contributed by atoms with van der Waals surface area (Å²) in [5.41, 5.74) is 0. The van der Waals surface area contributed by atoms with Crippen molar-refractivity contribution in [2.45, 2.75) is 17.6 Å². The third kappa shape index (κ3) is 4.97. The van der Waals surface area contributed by atoms with Gasteiger partial charge in [-0.2, -0.15) is 0 Å². The van der Waals surface area contributed by atoms with E-state index in [0.717, 1.165) is 0 Å². The van der Waals surface area contributed by atoms with Gasteiger partial charge in [0.2, 0.25) is 0 Å². The van der Waals surface area contributed by atoms with Gasteiger partial charge in [0.1, 0.15) is 11.3 Å². The van der Waals surface area contributed by atoms with Gasteiger partial charge in [-0.25, -0.2) is 0 Å². The second kappa shape index (κ2) is 8.76. The Balaban J connectivity index is 3.00. The Kier molecular flexibility index (Phi) is 7.32. The highest BCUT2D eigenvalue weighted by atomic mass is 32.2. The lowest BCUT2D eigenvalue weighted by Gasteiger charge is -2.15. The highest BCUT2D eigenvalue weighted by Gasteiger charge is 2.23. The maximum atomic E-state index is 12.5. The first-order chi connectivity index (χ1) is 9.62. The molecule has 0 aliphatic rings. The van der Waals surface area contributed by atoms with Crippen molar-refractivity contribution in [1.29, 1.82) is 0 Å². The SMILES string of the molecule is COC(=O)C/C(=C\C(OC)OC)[S+]([O-])c1ccccc1. The fraction of sp³-hybridized carbons (Fsp3) is 0.357. The van der Waals surface area contributed by atoms with E-state index in [2.05, 4.69) is 4.74 Å². The number of hydrogen-bond donors (Lipinski definition) is 0. The van der Waals surface area contributed by atoms with Crippen LogP contribution in [-0.2, 0) is 30.2 Å². The van der Waals surface area contributed by atoms with E-state index >= 15 is 0 Å². The molecule has 6 heteroatoms. The topological polar surface area (TPSA) is 67.8 Å². The van der Waals surface area contributed by atoms with E-state index in [1.807, 2.05) is 6.07 Å². The van der Waals surface area contributed by atoms with Crippen LogP contribution in [0, 0.1) is 0 Å². The highest BCUT2D eigenvalue weighted by molar-refractivity contribution is 7.95. The van der Waals surface area contributed by atoms with Gasteiger partial charge in [-0.3, -0.25) is 4.79 Å². The zero-order valence-corrected chi connectivity index (χ0v) is 12.5. The normalized spacial score (nSPS) is 13.3. The number of carbonyl (C=O) groups excluding carboxylic acids is 1. The number of esters is 1. The van der Waals surface area contributed by atoms with Gasteiger partial charge in [0.05, 0.1) is 7.11 Å². The van der Waals surface area contributed by atoms with Gasteiger partial charge in [0.15, 0.2) is 11.2 Å². The third-order valence-corrected chi connectivity index (χ3v) is 3.99. The van der Waals surface area contributed by atoms with E-state index in [1.165, 1.54) is 27.4 Å². The van der Waals surface area contributed by atoms with E-state index < -0.39 is 23.4 Å². The van der Waals surface area contributed by atoms with Crippen molar-refractivity contribution in [3.63, 3.8) is 0 Å². The van der Waals surface area contributed by atoms with Gasteiger partial charge in [-0.15, -0.1) is 0 Å². The first-order valence-electron chi connectivity index (χ1n) is 5.92. The molecule has 5 nitrogen and oxygen atoms in total. The summed E-state index contributed by atoms with van der Waals surface area (Å²) in [5.74, 6) is -0.466. The molecule has 0 spiro atoms. The molecule has 0 aliphatic carbocycles. The Hall–Kier alpha value is -1.34. The maximum absolute atomic E-state index is 12.5. The number of rotatable bonds is 7. The van der Waals surface area contributed by atoms with E-state index in [0.29, 0.717) is 9.80 Å². The molecule has 0 aliphatic heterocycles. The lowest BCUT2D eigenvalue weighted by Crippen LogP contribution is -2.16. The van der Waals surface area contributed by atoms with Crippen LogP contribution in [0.3, 0.4) is 0 Å². The minimum absolute atomic E-state index is 0.0821. The third-order valence-electron chi connectivity index (χ3n) is 2.53. The van der Waals surface area contributed by atoms with Crippen LogP contribution in [0.4, 0.5) is 0 Å². The fourth-order valence-electron chi connectivity index (χ4n) is 1.48. The van der Waals surface area contributed by atoms with Crippen LogP contribution < -0.4 is 0 Å². The first kappa shape index (κ1) is 16.7. The van der Waals surface area contributed by atoms with Crippen molar-refractivity contribution in [2.24, 2.45) is 0 Å². The molecule has 0 N–H and O–H groups in total. The molecule has 0 amide bonds. The lowest BCUT2D eigenvalue weighted by atomic mass is 10.3. The van der Waals surface area contributed by atoms with Crippen molar-refractivity contribution in [3.8, 4) is 0 Å². The second-order valence-electron chi connectivity index (χ2n) is 3.81. The standard InChI is InChI=1S/C14H18O5S/c1-17-13(15)9-12(10-14(18-2)19-3)20(16)11-7-5-4-6-8-11/h4-8,10,14H,9H2,1-3H3/b12-10+. The van der Waals surface area contributed by atoms with Gasteiger partial charge in [0, 0.05) is 31.5 Å². The molecule has 1 atom stereocenters. The average Bonchev–Trinajstić information content (AvgIpc) is 2.51. The smallest absolute Gasteiger partial charge is 0.314 e. The molecule has 0 saturated carbocycles. The van der Waals surface area contributed by atoms with Crippen LogP contribution in [0.2, 0.25) is 0 Å². The molecule has 110 valence electrons. The number of benzene rings is 1. The summed E-state index contributed by atoms with van der Waals surface area (Å²) in [6, 6.07) is 8.86. The van der Waals surface area contributed by atoms with E-state index in [1.54, 1.807) is 24.3 Å². The summed E-state index contributed by atoms with van der Waals surface area (Å²) in [5, 5.41) is 0. The Morgan fingerprint density at radius 2 is 1.85 bits per heavy atom. The summed E-state index contributed by atoms with van der Waals surface area (Å²) in [7, 11) is 4.22. The molecule has 1 unspecified atom stereocenters. The van der Waals surface area contributed by atoms with Crippen molar-refractivity contribution in [2.75, 3.05) is 21.3 Å². The largest absolute Gasteiger partial charge is 0.607 e. The molecule has 1 aromatic carbocycles. The summed E-state index contributed by atoms with van der Waals surface area (Å²) in [4.78, 5) is 12.4. The summed E-state index contributed by atoms with van der Waals surface area (Å²) in [6.45, 7) is 0. The quantitative estimate of drug-likeness (QED) is 0.436. The number of ether oxygens (including phenoxy) is 3. The second-order valence-corrected chi connectivity index (χ2v) is 5.34. The lowest BCUT2D eigenvalue weighted by molar-refractivity contribution is -0.139. The minimum Gasteiger partial charge on any atom is -0.607 e. The van der Waals surface area contributed by atoms with Crippen molar-refractivity contribution < 1.29 is 23.6 Å². The Morgan fingerprint density at radius 1 is 1.25 bits per heavy atom. The maximum Gasteiger partial charge on any atom is 0.314 e. The van der Waals surface area contributed by atoms with Crippen LogP contribution in [-0.4, -0.2) is 38.1 Å². The van der Waals surface area contributed by atoms with Gasteiger partial charge in [-0.05, 0) is 12.1 Å². The zero-order valence-electron chi connectivity index (χ0n) is 11.7. The summed E-state index contributed by atoms with van der Waals surface area (Å²) >= 11 is -1.47. The van der Waals surface area contributed by atoms with Crippen LogP contribution in [0.5, 0.6) is 0 Å². The predicted molar refractivity (Wildman–Crippen MR) is 75.4 cm³/mol. The van der Waals surface area contributed by atoms with Gasteiger partial charge < -0.3 is 18.8 Å². The van der Waals surface area contributed by atoms with Crippen molar-refractivity contribution >= 4 is 17.1 Å². The van der Waals surface area contributed by atoms with E-state index in [-0.39, 0.29) is 6.42 Å². The van der Waals surface area contributed by atoms with Crippen LogP contribution >= 0.6 is 0 Å². The van der Waals surface area contributed by atoms with Gasteiger partial charge >= 0.3 is 5.97 Å². The van der Waals surface area contributed by atoms with Gasteiger partial charge in [0.25, 0.3) is 0 Å². The van der Waals surface area contributed by atoms with E-state index in [4.69, 9.17) is 9.47 Å². The Morgan fingerprint density at radius 3 is 2.35 bits per heavy atom. The van der Waals surface area contributed by atoms with Crippen molar-refractivity contribution in [3.05, 3.63) is 41.3 Å². The fourth-order valence-corrected chi connectivity index (χ4v) is 2.67. The number of hydrogen-bond acceptors (Lipinski definition) is 5. The Labute approximate surface area is 121 Å². The Bertz CT molecular complexity index is 442. The van der Waals surface area contributed by atoms with E-state index in [9.17, 15) is 9.35 Å². The molecule has 20 heavy (non-hydrogen) atoms. The molecule has 0 bridgehead atoms. The first-order valence-corrected chi connectivity index (χ1v) is 7.07. The minimum atomic E-state index is -1.47. The summed E-state index contributed by atoms with van der Waals surface area (Å²) in [6.07, 6.45) is 0.781. The molecule has 0 saturated heterocycles. The summed E-state index contributed by atoms with van der Waals surface area (Å²) < 4.78 is 27.2. The molecule has 1 rings (SSSR count). The molecule has 1 aromatic rings. The van der Waals surface area contributed by atoms with Crippen LogP contribution in [0.1, 0.15) is 6.42 Å². The molecular formula is C14H18O5S. The van der Waals surface area contributed by atoms with Crippen LogP contribution in [0.15, 0.2) is 46.2 Å². The van der Waals surface area contributed by atoms with Crippen molar-refractivity contribution in [1.82, 2.24) is 0 Å². The molecule has 0 aromatic heterocycles. The number of methoxy groups -OCH3 is 3. The predicted octanol–water partition coefficient (Wildman–Crippen LogP) is 1.86. The molecule has 0 heterocycles. The zero-order chi connectivity index (χ0) is 15.0. The molecule has 0 fully saturated rings. The highest BCUT2D eigenvalue weighted by Crippen LogP contribution is 2.23. The molecule has 0 radical (unpaired) electrons. The number of carbonyl (C=O) groups is 1. The van der Waals surface area contributed by atoms with Crippen LogP contribution in [0.25, 0.3) is 0 Å². The average molecular weight is 298 g/mol. The van der Waals surface area contributed by atoms with Gasteiger partial charge in [-0.1, -0.05) is 18.2 Å². The molecular weight excluding hydrogens is 280 g/mol. The monoisotopic (exact) mass is 298 g/mol.